The highest BCUT2D eigenvalue weighted by molar-refractivity contribution is 6.36. The molecule has 1 amide bonds. The molecular formula is C18H16Cl2N6O3. The largest absolute Gasteiger partial charge is 0.353 e. The van der Waals surface area contributed by atoms with Crippen LogP contribution in [0.2, 0.25) is 10.0 Å². The number of nitrogens with zero attached hydrogens (tertiary/aromatic N) is 6. The van der Waals surface area contributed by atoms with Crippen LogP contribution in [-0.4, -0.2) is 56.3 Å². The highest BCUT2D eigenvalue weighted by atomic mass is 35.5. The molecule has 0 radical (unpaired) electrons. The first-order valence-corrected chi connectivity index (χ1v) is 9.59. The minimum absolute atomic E-state index is 0.0528. The van der Waals surface area contributed by atoms with Crippen molar-refractivity contribution in [2.75, 3.05) is 31.1 Å². The number of carbonyl (C=O) groups is 1. The van der Waals surface area contributed by atoms with E-state index in [0.29, 0.717) is 59.1 Å². The van der Waals surface area contributed by atoms with E-state index >= 15 is 0 Å². The van der Waals surface area contributed by atoms with E-state index in [4.69, 9.17) is 23.2 Å². The molecule has 0 saturated carbocycles. The van der Waals surface area contributed by atoms with Gasteiger partial charge in [0, 0.05) is 38.4 Å². The number of amides is 1. The van der Waals surface area contributed by atoms with Crippen molar-refractivity contribution < 1.29 is 9.72 Å². The van der Waals surface area contributed by atoms with E-state index in [0.717, 1.165) is 0 Å². The number of nitro groups is 1. The van der Waals surface area contributed by atoms with Crippen molar-refractivity contribution in [3.05, 3.63) is 62.1 Å². The summed E-state index contributed by atoms with van der Waals surface area (Å²) in [5.74, 6) is 0.497. The molecule has 0 N–H and O–H groups in total. The van der Waals surface area contributed by atoms with Crippen molar-refractivity contribution >= 4 is 46.3 Å². The molecule has 0 spiro atoms. The topological polar surface area (TPSA) is 96.9 Å². The van der Waals surface area contributed by atoms with Crippen LogP contribution in [0.15, 0.2) is 30.6 Å². The SMILES string of the molecule is Cc1nc2c(Cl)cc(Cl)cn2c1C(=O)N1CCN(c2ccc([N+](=O)[O-])cn2)CC1. The van der Waals surface area contributed by atoms with Gasteiger partial charge in [-0.15, -0.1) is 0 Å². The number of imidazole rings is 1. The zero-order valence-electron chi connectivity index (χ0n) is 15.4. The van der Waals surface area contributed by atoms with E-state index in [1.165, 1.54) is 12.3 Å². The number of hydrogen-bond donors (Lipinski definition) is 0. The molecule has 0 aromatic carbocycles. The van der Waals surface area contributed by atoms with Gasteiger partial charge in [-0.1, -0.05) is 23.2 Å². The normalized spacial score (nSPS) is 14.4. The quantitative estimate of drug-likeness (QED) is 0.463. The molecule has 0 bridgehead atoms. The molecule has 150 valence electrons. The maximum Gasteiger partial charge on any atom is 0.287 e. The number of piperazine rings is 1. The van der Waals surface area contributed by atoms with Crippen LogP contribution in [-0.2, 0) is 0 Å². The Hall–Kier alpha value is -2.91. The monoisotopic (exact) mass is 434 g/mol. The Labute approximate surface area is 175 Å². The van der Waals surface area contributed by atoms with Gasteiger partial charge in [0.25, 0.3) is 11.6 Å². The van der Waals surface area contributed by atoms with E-state index in [9.17, 15) is 14.9 Å². The van der Waals surface area contributed by atoms with E-state index in [2.05, 4.69) is 9.97 Å². The first kappa shape index (κ1) is 19.4. The molecule has 3 aromatic rings. The minimum Gasteiger partial charge on any atom is -0.353 e. The fraction of sp³-hybridized carbons (Fsp3) is 0.278. The fourth-order valence-corrected chi connectivity index (χ4v) is 3.92. The third-order valence-electron chi connectivity index (χ3n) is 4.85. The lowest BCUT2D eigenvalue weighted by Gasteiger charge is -2.35. The molecule has 1 aliphatic heterocycles. The Morgan fingerprint density at radius 2 is 1.93 bits per heavy atom. The number of carbonyl (C=O) groups excluding carboxylic acids is 1. The molecule has 4 rings (SSSR count). The first-order chi connectivity index (χ1) is 13.8. The lowest BCUT2D eigenvalue weighted by Crippen LogP contribution is -2.49. The van der Waals surface area contributed by atoms with Gasteiger partial charge in [0.1, 0.15) is 17.7 Å². The predicted molar refractivity (Wildman–Crippen MR) is 109 cm³/mol. The van der Waals surface area contributed by atoms with Gasteiger partial charge in [0.15, 0.2) is 5.65 Å². The van der Waals surface area contributed by atoms with Crippen molar-refractivity contribution in [2.45, 2.75) is 6.92 Å². The Morgan fingerprint density at radius 1 is 1.21 bits per heavy atom. The van der Waals surface area contributed by atoms with E-state index in [-0.39, 0.29) is 11.6 Å². The molecule has 29 heavy (non-hydrogen) atoms. The maximum atomic E-state index is 13.2. The van der Waals surface area contributed by atoms with Crippen molar-refractivity contribution in [3.63, 3.8) is 0 Å². The number of fused-ring (bicyclic) bond motifs is 1. The summed E-state index contributed by atoms with van der Waals surface area (Å²) in [4.78, 5) is 35.7. The highest BCUT2D eigenvalue weighted by Crippen LogP contribution is 2.25. The Kier molecular flexibility index (Phi) is 5.01. The van der Waals surface area contributed by atoms with Gasteiger partial charge in [0.05, 0.1) is 20.7 Å². The summed E-state index contributed by atoms with van der Waals surface area (Å²) in [5, 5.41) is 11.6. The molecule has 3 aromatic heterocycles. The number of pyridine rings is 2. The summed E-state index contributed by atoms with van der Waals surface area (Å²) in [6.45, 7) is 3.86. The number of aromatic nitrogens is 3. The highest BCUT2D eigenvalue weighted by Gasteiger charge is 2.27. The predicted octanol–water partition coefficient (Wildman–Crippen LogP) is 3.22. The second-order valence-corrected chi connectivity index (χ2v) is 7.50. The van der Waals surface area contributed by atoms with Crippen LogP contribution in [0.1, 0.15) is 16.2 Å². The van der Waals surface area contributed by atoms with Gasteiger partial charge in [-0.25, -0.2) is 9.97 Å². The Morgan fingerprint density at radius 3 is 2.55 bits per heavy atom. The smallest absolute Gasteiger partial charge is 0.287 e. The number of aryl methyl sites for hydroxylation is 1. The summed E-state index contributed by atoms with van der Waals surface area (Å²) >= 11 is 12.3. The second-order valence-electron chi connectivity index (χ2n) is 6.66. The van der Waals surface area contributed by atoms with Crippen molar-refractivity contribution in [2.24, 2.45) is 0 Å². The molecule has 11 heteroatoms. The third kappa shape index (κ3) is 3.58. The van der Waals surface area contributed by atoms with E-state index in [1.807, 2.05) is 4.90 Å². The molecule has 0 aliphatic carbocycles. The molecule has 9 nitrogen and oxygen atoms in total. The summed E-state index contributed by atoms with van der Waals surface area (Å²) in [5.41, 5.74) is 1.46. The van der Waals surface area contributed by atoms with Crippen LogP contribution >= 0.6 is 23.2 Å². The van der Waals surface area contributed by atoms with Crippen LogP contribution in [0.5, 0.6) is 0 Å². The van der Waals surface area contributed by atoms with Gasteiger partial charge in [-0.05, 0) is 19.1 Å². The van der Waals surface area contributed by atoms with Gasteiger partial charge in [-0.2, -0.15) is 0 Å². The second kappa shape index (κ2) is 7.49. The Balaban J connectivity index is 1.52. The van der Waals surface area contributed by atoms with Crippen molar-refractivity contribution in [1.29, 1.82) is 0 Å². The first-order valence-electron chi connectivity index (χ1n) is 8.83. The van der Waals surface area contributed by atoms with Gasteiger partial charge in [0.2, 0.25) is 0 Å². The zero-order chi connectivity index (χ0) is 20.7. The number of hydrogen-bond acceptors (Lipinski definition) is 6. The average Bonchev–Trinajstić information content (AvgIpc) is 3.04. The lowest BCUT2D eigenvalue weighted by atomic mass is 10.2. The van der Waals surface area contributed by atoms with Crippen LogP contribution in [0, 0.1) is 17.0 Å². The number of anilines is 1. The fourth-order valence-electron chi connectivity index (χ4n) is 3.41. The minimum atomic E-state index is -0.482. The number of halogens is 2. The summed E-state index contributed by atoms with van der Waals surface area (Å²) < 4.78 is 1.63. The molecular weight excluding hydrogens is 419 g/mol. The molecule has 1 fully saturated rings. The summed E-state index contributed by atoms with van der Waals surface area (Å²) in [7, 11) is 0. The molecule has 1 saturated heterocycles. The lowest BCUT2D eigenvalue weighted by molar-refractivity contribution is -0.385. The number of rotatable bonds is 3. The average molecular weight is 435 g/mol. The van der Waals surface area contributed by atoms with Gasteiger partial charge < -0.3 is 9.80 Å². The van der Waals surface area contributed by atoms with Crippen LogP contribution in [0.3, 0.4) is 0 Å². The zero-order valence-corrected chi connectivity index (χ0v) is 16.9. The van der Waals surface area contributed by atoms with Crippen LogP contribution in [0.25, 0.3) is 5.65 Å². The summed E-state index contributed by atoms with van der Waals surface area (Å²) in [6, 6.07) is 4.64. The maximum absolute atomic E-state index is 13.2. The summed E-state index contributed by atoms with van der Waals surface area (Å²) in [6.07, 6.45) is 2.87. The molecule has 1 aliphatic rings. The van der Waals surface area contributed by atoms with Gasteiger partial charge in [-0.3, -0.25) is 19.3 Å². The van der Waals surface area contributed by atoms with E-state index < -0.39 is 4.92 Å². The molecule has 4 heterocycles. The third-order valence-corrected chi connectivity index (χ3v) is 5.34. The standard InChI is InChI=1S/C18H16Cl2N6O3/c1-11-16(25-10-12(19)8-14(20)17(25)22-11)18(27)24-6-4-23(5-7-24)15-3-2-13(9-21-15)26(28)29/h2-3,8-10H,4-7H2,1H3. The van der Waals surface area contributed by atoms with Crippen molar-refractivity contribution in [1.82, 2.24) is 19.3 Å². The van der Waals surface area contributed by atoms with Gasteiger partial charge >= 0.3 is 0 Å². The molecule has 0 unspecified atom stereocenters. The van der Waals surface area contributed by atoms with Crippen molar-refractivity contribution in [3.8, 4) is 0 Å². The van der Waals surface area contributed by atoms with Crippen LogP contribution in [0.4, 0.5) is 11.5 Å². The Bertz CT molecular complexity index is 1110. The van der Waals surface area contributed by atoms with E-state index in [1.54, 1.807) is 34.6 Å². The van der Waals surface area contributed by atoms with Crippen LogP contribution < -0.4 is 4.90 Å². The molecule has 0 atom stereocenters.